The van der Waals surface area contributed by atoms with Crippen LogP contribution in [0, 0.1) is 0 Å². The van der Waals surface area contributed by atoms with Crippen LogP contribution < -0.4 is 5.32 Å². The van der Waals surface area contributed by atoms with E-state index in [4.69, 9.17) is 4.74 Å². The summed E-state index contributed by atoms with van der Waals surface area (Å²) in [6.45, 7) is 5.34. The standard InChI is InChI=1S/C17H21NOS/c1-2-18-12-16-5-3-6-17(11-16)13-19-9-4-7-15-8-10-20-14-15/h3-8,10-11,14,18H,2,9,12-13H2,1H3/b7-4+. The number of rotatable bonds is 8. The van der Waals surface area contributed by atoms with Gasteiger partial charge in [0.05, 0.1) is 13.2 Å². The maximum atomic E-state index is 5.67. The van der Waals surface area contributed by atoms with E-state index >= 15 is 0 Å². The smallest absolute Gasteiger partial charge is 0.0721 e. The minimum atomic E-state index is 0.646. The van der Waals surface area contributed by atoms with Crippen molar-refractivity contribution in [1.29, 1.82) is 0 Å². The average molecular weight is 287 g/mol. The molecule has 0 aliphatic heterocycles. The van der Waals surface area contributed by atoms with Crippen LogP contribution in [0.4, 0.5) is 0 Å². The monoisotopic (exact) mass is 287 g/mol. The minimum absolute atomic E-state index is 0.646. The molecule has 2 aromatic rings. The van der Waals surface area contributed by atoms with Crippen molar-refractivity contribution >= 4 is 17.4 Å². The molecule has 2 rings (SSSR count). The topological polar surface area (TPSA) is 21.3 Å². The molecular formula is C17H21NOS. The maximum Gasteiger partial charge on any atom is 0.0721 e. The molecule has 0 aliphatic rings. The summed E-state index contributed by atoms with van der Waals surface area (Å²) in [4.78, 5) is 0. The molecule has 0 unspecified atom stereocenters. The van der Waals surface area contributed by atoms with Crippen molar-refractivity contribution in [3.63, 3.8) is 0 Å². The highest BCUT2D eigenvalue weighted by Gasteiger charge is 1.96. The van der Waals surface area contributed by atoms with Crippen molar-refractivity contribution < 1.29 is 4.74 Å². The second-order valence-corrected chi connectivity index (χ2v) is 5.35. The molecule has 0 spiro atoms. The molecule has 0 radical (unpaired) electrons. The van der Waals surface area contributed by atoms with Gasteiger partial charge in [0, 0.05) is 6.54 Å². The SMILES string of the molecule is CCNCc1cccc(COC/C=C/c2ccsc2)c1. The van der Waals surface area contributed by atoms with Crippen LogP contribution in [0.3, 0.4) is 0 Å². The summed E-state index contributed by atoms with van der Waals surface area (Å²) in [5, 5.41) is 7.54. The van der Waals surface area contributed by atoms with E-state index in [0.29, 0.717) is 13.2 Å². The summed E-state index contributed by atoms with van der Waals surface area (Å²) in [5.74, 6) is 0. The van der Waals surface area contributed by atoms with E-state index in [2.05, 4.69) is 65.5 Å². The van der Waals surface area contributed by atoms with Crippen molar-refractivity contribution in [2.75, 3.05) is 13.2 Å². The van der Waals surface area contributed by atoms with E-state index in [9.17, 15) is 0 Å². The molecule has 1 aromatic heterocycles. The first-order chi connectivity index (χ1) is 9.88. The fourth-order valence-corrected chi connectivity index (χ4v) is 2.53. The Morgan fingerprint density at radius 1 is 1.25 bits per heavy atom. The molecule has 0 atom stereocenters. The lowest BCUT2D eigenvalue weighted by Crippen LogP contribution is -2.11. The zero-order valence-corrected chi connectivity index (χ0v) is 12.7. The van der Waals surface area contributed by atoms with Crippen LogP contribution in [-0.2, 0) is 17.9 Å². The van der Waals surface area contributed by atoms with Gasteiger partial charge in [-0.15, -0.1) is 0 Å². The third-order valence-electron chi connectivity index (χ3n) is 2.91. The van der Waals surface area contributed by atoms with E-state index in [-0.39, 0.29) is 0 Å². The van der Waals surface area contributed by atoms with Gasteiger partial charge in [0.1, 0.15) is 0 Å². The van der Waals surface area contributed by atoms with Crippen molar-refractivity contribution in [2.45, 2.75) is 20.1 Å². The lowest BCUT2D eigenvalue weighted by Gasteiger charge is -2.06. The normalized spacial score (nSPS) is 11.2. The van der Waals surface area contributed by atoms with Crippen molar-refractivity contribution in [3.8, 4) is 0 Å². The van der Waals surface area contributed by atoms with Crippen molar-refractivity contribution in [1.82, 2.24) is 5.32 Å². The Kier molecular flexibility index (Phi) is 6.51. The van der Waals surface area contributed by atoms with Gasteiger partial charge in [-0.3, -0.25) is 0 Å². The Morgan fingerprint density at radius 2 is 2.15 bits per heavy atom. The second-order valence-electron chi connectivity index (χ2n) is 4.57. The van der Waals surface area contributed by atoms with Gasteiger partial charge in [0.2, 0.25) is 0 Å². The third-order valence-corrected chi connectivity index (χ3v) is 3.61. The molecule has 2 nitrogen and oxygen atoms in total. The third kappa shape index (κ3) is 5.29. The van der Waals surface area contributed by atoms with Gasteiger partial charge in [-0.1, -0.05) is 43.3 Å². The Labute approximate surface area is 125 Å². The predicted molar refractivity (Wildman–Crippen MR) is 86.8 cm³/mol. The molecule has 3 heteroatoms. The van der Waals surface area contributed by atoms with Crippen LogP contribution in [0.15, 0.2) is 47.2 Å². The molecule has 1 N–H and O–H groups in total. The van der Waals surface area contributed by atoms with Crippen LogP contribution in [0.25, 0.3) is 6.08 Å². The van der Waals surface area contributed by atoms with Gasteiger partial charge in [-0.05, 0) is 40.1 Å². The number of hydrogen-bond donors (Lipinski definition) is 1. The first kappa shape index (κ1) is 15.0. The fourth-order valence-electron chi connectivity index (χ4n) is 1.90. The van der Waals surface area contributed by atoms with E-state index in [1.54, 1.807) is 11.3 Å². The van der Waals surface area contributed by atoms with Gasteiger partial charge in [-0.25, -0.2) is 0 Å². The Morgan fingerprint density at radius 3 is 2.95 bits per heavy atom. The number of ether oxygens (including phenoxy) is 1. The van der Waals surface area contributed by atoms with Crippen molar-refractivity contribution in [3.05, 3.63) is 63.9 Å². The van der Waals surface area contributed by atoms with Gasteiger partial charge in [0.25, 0.3) is 0 Å². The van der Waals surface area contributed by atoms with Crippen LogP contribution >= 0.6 is 11.3 Å². The van der Waals surface area contributed by atoms with Crippen LogP contribution in [0.1, 0.15) is 23.6 Å². The molecular weight excluding hydrogens is 266 g/mol. The van der Waals surface area contributed by atoms with E-state index in [1.165, 1.54) is 16.7 Å². The molecule has 1 aromatic carbocycles. The summed E-state index contributed by atoms with van der Waals surface area (Å²) < 4.78 is 5.67. The molecule has 1 heterocycles. The molecule has 0 saturated carbocycles. The zero-order chi connectivity index (χ0) is 14.0. The van der Waals surface area contributed by atoms with Gasteiger partial charge in [-0.2, -0.15) is 11.3 Å². The second kappa shape index (κ2) is 8.69. The number of nitrogens with one attached hydrogen (secondary N) is 1. The van der Waals surface area contributed by atoms with E-state index in [0.717, 1.165) is 13.1 Å². The zero-order valence-electron chi connectivity index (χ0n) is 11.8. The van der Waals surface area contributed by atoms with Crippen LogP contribution in [0.5, 0.6) is 0 Å². The highest BCUT2D eigenvalue weighted by molar-refractivity contribution is 7.08. The van der Waals surface area contributed by atoms with E-state index in [1.807, 2.05) is 0 Å². The molecule has 0 amide bonds. The number of hydrogen-bond acceptors (Lipinski definition) is 3. The maximum absolute atomic E-state index is 5.67. The quantitative estimate of drug-likeness (QED) is 0.738. The molecule has 0 fully saturated rings. The first-order valence-electron chi connectivity index (χ1n) is 6.93. The summed E-state index contributed by atoms with van der Waals surface area (Å²) in [6.07, 6.45) is 4.16. The van der Waals surface area contributed by atoms with Crippen LogP contribution in [0.2, 0.25) is 0 Å². The van der Waals surface area contributed by atoms with Crippen LogP contribution in [-0.4, -0.2) is 13.2 Å². The Bertz CT molecular complexity index is 520. The van der Waals surface area contributed by atoms with Gasteiger partial charge < -0.3 is 10.1 Å². The number of thiophene rings is 1. The Hall–Kier alpha value is -1.42. The lowest BCUT2D eigenvalue weighted by atomic mass is 10.1. The summed E-state index contributed by atoms with van der Waals surface area (Å²) in [5.41, 5.74) is 3.78. The van der Waals surface area contributed by atoms with Gasteiger partial charge >= 0.3 is 0 Å². The summed E-state index contributed by atoms with van der Waals surface area (Å²) in [6, 6.07) is 10.6. The average Bonchev–Trinajstić information content (AvgIpc) is 2.98. The predicted octanol–water partition coefficient (Wildman–Crippen LogP) is 4.09. The fraction of sp³-hybridized carbons (Fsp3) is 0.294. The lowest BCUT2D eigenvalue weighted by molar-refractivity contribution is 0.149. The number of benzene rings is 1. The molecule has 0 bridgehead atoms. The molecule has 0 aliphatic carbocycles. The first-order valence-corrected chi connectivity index (χ1v) is 7.88. The molecule has 0 saturated heterocycles. The summed E-state index contributed by atoms with van der Waals surface area (Å²) >= 11 is 1.71. The van der Waals surface area contributed by atoms with E-state index < -0.39 is 0 Å². The van der Waals surface area contributed by atoms with Gasteiger partial charge in [0.15, 0.2) is 0 Å². The Balaban J connectivity index is 1.73. The van der Waals surface area contributed by atoms with Crippen molar-refractivity contribution in [2.24, 2.45) is 0 Å². The largest absolute Gasteiger partial charge is 0.373 e. The highest BCUT2D eigenvalue weighted by Crippen LogP contribution is 2.09. The highest BCUT2D eigenvalue weighted by atomic mass is 32.1. The summed E-state index contributed by atoms with van der Waals surface area (Å²) in [7, 11) is 0. The molecule has 106 valence electrons. The molecule has 20 heavy (non-hydrogen) atoms. The minimum Gasteiger partial charge on any atom is -0.373 e.